The summed E-state index contributed by atoms with van der Waals surface area (Å²) in [5.74, 6) is -0.104. The molecule has 3 rings (SSSR count). The first-order valence-electron chi connectivity index (χ1n) is 11.9. The van der Waals surface area contributed by atoms with Crippen molar-refractivity contribution >= 4 is 18.4 Å². The Morgan fingerprint density at radius 1 is 1.00 bits per heavy atom. The third-order valence-corrected chi connectivity index (χ3v) is 6.00. The van der Waals surface area contributed by atoms with Crippen LogP contribution in [0.4, 0.5) is 0 Å². The summed E-state index contributed by atoms with van der Waals surface area (Å²) in [6, 6.07) is 19.5. The minimum Gasteiger partial charge on any atom is -0.466 e. The van der Waals surface area contributed by atoms with Gasteiger partial charge in [0.05, 0.1) is 19.1 Å². The molecular formula is C27H38ClNO3. The molecular weight excluding hydrogens is 422 g/mol. The molecule has 1 aliphatic rings. The van der Waals surface area contributed by atoms with E-state index in [2.05, 4.69) is 66.4 Å². The predicted octanol–water partition coefficient (Wildman–Crippen LogP) is 5.97. The van der Waals surface area contributed by atoms with Crippen molar-refractivity contribution in [2.75, 3.05) is 26.2 Å². The number of likely N-dealkylation sites (tertiary alicyclic amines) is 1. The molecule has 0 radical (unpaired) electrons. The Morgan fingerprint density at radius 3 is 2.28 bits per heavy atom. The van der Waals surface area contributed by atoms with Gasteiger partial charge < -0.3 is 14.4 Å². The van der Waals surface area contributed by atoms with E-state index >= 15 is 0 Å². The second kappa shape index (κ2) is 14.3. The molecule has 1 unspecified atom stereocenters. The number of carbonyl (C=O) groups excluding carboxylic acids is 1. The van der Waals surface area contributed by atoms with E-state index in [0.717, 1.165) is 38.9 Å². The van der Waals surface area contributed by atoms with Crippen LogP contribution in [-0.2, 0) is 20.7 Å². The lowest BCUT2D eigenvalue weighted by molar-refractivity contribution is -0.143. The fourth-order valence-corrected chi connectivity index (χ4v) is 4.16. The van der Waals surface area contributed by atoms with Gasteiger partial charge in [0.15, 0.2) is 0 Å². The van der Waals surface area contributed by atoms with Gasteiger partial charge in [0, 0.05) is 19.6 Å². The number of ether oxygens (including phenoxy) is 2. The highest BCUT2D eigenvalue weighted by Crippen LogP contribution is 2.30. The number of unbranched alkanes of at least 4 members (excludes halogenated alkanes) is 1. The van der Waals surface area contributed by atoms with Gasteiger partial charge in [0.1, 0.15) is 6.10 Å². The first kappa shape index (κ1) is 26.4. The Labute approximate surface area is 199 Å². The van der Waals surface area contributed by atoms with Gasteiger partial charge in [-0.25, -0.2) is 0 Å². The van der Waals surface area contributed by atoms with Crippen molar-refractivity contribution in [2.45, 2.75) is 64.6 Å². The van der Waals surface area contributed by atoms with E-state index in [1.54, 1.807) is 0 Å². The second-order valence-electron chi connectivity index (χ2n) is 8.37. The van der Waals surface area contributed by atoms with E-state index in [1.807, 2.05) is 6.92 Å². The normalized spacial score (nSPS) is 15.7. The summed E-state index contributed by atoms with van der Waals surface area (Å²) in [4.78, 5) is 14.0. The zero-order valence-corrected chi connectivity index (χ0v) is 20.3. The minimum atomic E-state index is -0.104. The van der Waals surface area contributed by atoms with Crippen molar-refractivity contribution in [3.63, 3.8) is 0 Å². The van der Waals surface area contributed by atoms with E-state index in [-0.39, 0.29) is 30.6 Å². The minimum absolute atomic E-state index is 0. The number of carbonyl (C=O) groups is 1. The topological polar surface area (TPSA) is 38.8 Å². The average molecular weight is 460 g/mol. The fourth-order valence-electron chi connectivity index (χ4n) is 4.16. The highest BCUT2D eigenvalue weighted by Gasteiger charge is 2.25. The molecule has 1 fully saturated rings. The molecule has 0 spiro atoms. The molecule has 0 aromatic heterocycles. The lowest BCUT2D eigenvalue weighted by Crippen LogP contribution is -2.38. The summed E-state index contributed by atoms with van der Waals surface area (Å²) in [6.45, 7) is 7.23. The van der Waals surface area contributed by atoms with Crippen molar-refractivity contribution in [3.8, 4) is 0 Å². The third-order valence-electron chi connectivity index (χ3n) is 6.00. The van der Waals surface area contributed by atoms with Crippen LogP contribution in [0.25, 0.3) is 0 Å². The molecule has 1 saturated heterocycles. The van der Waals surface area contributed by atoms with Crippen molar-refractivity contribution in [1.82, 2.24) is 4.90 Å². The molecule has 0 saturated carbocycles. The molecule has 0 aliphatic carbocycles. The third kappa shape index (κ3) is 8.23. The van der Waals surface area contributed by atoms with E-state index in [1.165, 1.54) is 29.5 Å². The lowest BCUT2D eigenvalue weighted by atomic mass is 9.98. The van der Waals surface area contributed by atoms with Crippen molar-refractivity contribution < 1.29 is 14.3 Å². The first-order chi connectivity index (χ1) is 15.2. The van der Waals surface area contributed by atoms with Gasteiger partial charge in [0.25, 0.3) is 0 Å². The zero-order valence-electron chi connectivity index (χ0n) is 19.5. The van der Waals surface area contributed by atoms with Crippen LogP contribution in [0.15, 0.2) is 54.6 Å². The van der Waals surface area contributed by atoms with Gasteiger partial charge in [-0.2, -0.15) is 0 Å². The molecule has 2 aromatic carbocycles. The standard InChI is InChI=1S/C27H37NO3.ClH/c1-3-5-9-22-12-14-24(15-13-22)27(23-10-7-6-8-11-23)31-25-16-19-28(20-17-25)21-18-26(29)30-4-2;/h6-8,10-15,25,27H,3-5,9,16-21H2,1-2H3;1H. The van der Waals surface area contributed by atoms with Crippen LogP contribution in [0.5, 0.6) is 0 Å². The maximum Gasteiger partial charge on any atom is 0.307 e. The van der Waals surface area contributed by atoms with Gasteiger partial charge >= 0.3 is 5.97 Å². The molecule has 32 heavy (non-hydrogen) atoms. The van der Waals surface area contributed by atoms with Crippen LogP contribution >= 0.6 is 12.4 Å². The number of hydrogen-bond acceptors (Lipinski definition) is 4. The Balaban J connectivity index is 0.00000363. The SMILES string of the molecule is CCCCc1ccc(C(OC2CCN(CCC(=O)OCC)CC2)c2ccccc2)cc1.Cl. The van der Waals surface area contributed by atoms with Gasteiger partial charge in [-0.15, -0.1) is 12.4 Å². The van der Waals surface area contributed by atoms with Crippen molar-refractivity contribution in [2.24, 2.45) is 0 Å². The molecule has 0 bridgehead atoms. The quantitative estimate of drug-likeness (QED) is 0.388. The lowest BCUT2D eigenvalue weighted by Gasteiger charge is -2.34. The van der Waals surface area contributed by atoms with Gasteiger partial charge in [-0.1, -0.05) is 67.9 Å². The van der Waals surface area contributed by atoms with E-state index < -0.39 is 0 Å². The summed E-state index contributed by atoms with van der Waals surface area (Å²) >= 11 is 0. The highest BCUT2D eigenvalue weighted by molar-refractivity contribution is 5.85. The average Bonchev–Trinajstić information content (AvgIpc) is 2.82. The number of piperidine rings is 1. The monoisotopic (exact) mass is 459 g/mol. The molecule has 1 aliphatic heterocycles. The molecule has 5 heteroatoms. The molecule has 0 N–H and O–H groups in total. The smallest absolute Gasteiger partial charge is 0.307 e. The number of esters is 1. The van der Waals surface area contributed by atoms with Gasteiger partial charge in [-0.3, -0.25) is 4.79 Å². The summed E-state index contributed by atoms with van der Waals surface area (Å²) in [6.07, 6.45) is 6.21. The Kier molecular flexibility index (Phi) is 11.8. The Morgan fingerprint density at radius 2 is 1.66 bits per heavy atom. The maximum atomic E-state index is 11.6. The first-order valence-corrected chi connectivity index (χ1v) is 11.9. The van der Waals surface area contributed by atoms with Crippen LogP contribution in [0.1, 0.15) is 68.7 Å². The number of aryl methyl sites for hydroxylation is 1. The van der Waals surface area contributed by atoms with Crippen LogP contribution in [0, 0.1) is 0 Å². The van der Waals surface area contributed by atoms with Crippen molar-refractivity contribution in [1.29, 1.82) is 0 Å². The number of rotatable bonds is 11. The van der Waals surface area contributed by atoms with Gasteiger partial charge in [-0.05, 0) is 49.3 Å². The summed E-state index contributed by atoms with van der Waals surface area (Å²) < 4.78 is 11.7. The Bertz CT molecular complexity index is 773. The molecule has 1 atom stereocenters. The van der Waals surface area contributed by atoms with Crippen LogP contribution in [-0.4, -0.2) is 43.2 Å². The van der Waals surface area contributed by atoms with Crippen LogP contribution in [0.2, 0.25) is 0 Å². The number of hydrogen-bond donors (Lipinski definition) is 0. The van der Waals surface area contributed by atoms with Gasteiger partial charge in [0.2, 0.25) is 0 Å². The highest BCUT2D eigenvalue weighted by atomic mass is 35.5. The maximum absolute atomic E-state index is 11.6. The van der Waals surface area contributed by atoms with Crippen molar-refractivity contribution in [3.05, 3.63) is 71.3 Å². The van der Waals surface area contributed by atoms with E-state index in [4.69, 9.17) is 9.47 Å². The molecule has 1 heterocycles. The second-order valence-corrected chi connectivity index (χ2v) is 8.37. The van der Waals surface area contributed by atoms with E-state index in [0.29, 0.717) is 13.0 Å². The number of benzene rings is 2. The molecule has 176 valence electrons. The Hall–Kier alpha value is -1.88. The summed E-state index contributed by atoms with van der Waals surface area (Å²) in [5, 5.41) is 0. The van der Waals surface area contributed by atoms with Crippen LogP contribution < -0.4 is 0 Å². The number of halogens is 1. The molecule has 4 nitrogen and oxygen atoms in total. The zero-order chi connectivity index (χ0) is 21.9. The molecule has 2 aromatic rings. The summed E-state index contributed by atoms with van der Waals surface area (Å²) in [5.41, 5.74) is 3.82. The summed E-state index contributed by atoms with van der Waals surface area (Å²) in [7, 11) is 0. The van der Waals surface area contributed by atoms with Crippen LogP contribution in [0.3, 0.4) is 0 Å². The fraction of sp³-hybridized carbons (Fsp3) is 0.519. The number of nitrogens with zero attached hydrogens (tertiary/aromatic N) is 1. The largest absolute Gasteiger partial charge is 0.466 e. The molecule has 0 amide bonds. The predicted molar refractivity (Wildman–Crippen MR) is 132 cm³/mol. The van der Waals surface area contributed by atoms with E-state index in [9.17, 15) is 4.79 Å².